The molecule has 1 unspecified atom stereocenters. The van der Waals surface area contributed by atoms with E-state index in [0.717, 1.165) is 11.3 Å². The Morgan fingerprint density at radius 3 is 2.33 bits per heavy atom. The average molecular weight is 310 g/mol. The molecular weight excluding hydrogens is 288 g/mol. The Morgan fingerprint density at radius 1 is 1.29 bits per heavy atom. The molecule has 6 heteroatoms. The lowest BCUT2D eigenvalue weighted by molar-refractivity contribution is -0.140. The number of aliphatic hydroxyl groups excluding tert-OH is 1. The second kappa shape index (κ2) is 6.58. The predicted octanol–water partition coefficient (Wildman–Crippen LogP) is 1.28. The fourth-order valence-electron chi connectivity index (χ4n) is 2.53. The zero-order valence-corrected chi connectivity index (χ0v) is 13.6. The van der Waals surface area contributed by atoms with Crippen LogP contribution in [0.3, 0.4) is 0 Å². The van der Waals surface area contributed by atoms with E-state index in [-0.39, 0.29) is 11.8 Å². The molecule has 1 saturated heterocycles. The van der Waals surface area contributed by atoms with E-state index >= 15 is 0 Å². The summed E-state index contributed by atoms with van der Waals surface area (Å²) in [5, 5.41) is 9.32. The minimum atomic E-state index is -0.973. The van der Waals surface area contributed by atoms with Gasteiger partial charge in [0.15, 0.2) is 0 Å². The summed E-state index contributed by atoms with van der Waals surface area (Å²) in [5.74, 6) is -0.214. The van der Waals surface area contributed by atoms with Crippen molar-refractivity contribution >= 4 is 23.2 Å². The molecule has 21 heavy (non-hydrogen) atoms. The molecule has 2 rings (SSSR count). The van der Waals surface area contributed by atoms with Gasteiger partial charge < -0.3 is 14.9 Å². The lowest BCUT2D eigenvalue weighted by atomic mass is 10.2. The minimum Gasteiger partial charge on any atom is -0.384 e. The monoisotopic (exact) mass is 310 g/mol. The van der Waals surface area contributed by atoms with Crippen molar-refractivity contribution in [2.45, 2.75) is 33.3 Å². The van der Waals surface area contributed by atoms with Gasteiger partial charge >= 0.3 is 0 Å². The van der Waals surface area contributed by atoms with Crippen molar-refractivity contribution in [1.29, 1.82) is 0 Å². The van der Waals surface area contributed by atoms with Gasteiger partial charge in [-0.1, -0.05) is 6.92 Å². The predicted molar refractivity (Wildman–Crippen MR) is 82.6 cm³/mol. The number of rotatable bonds is 3. The van der Waals surface area contributed by atoms with Gasteiger partial charge in [-0.3, -0.25) is 9.59 Å². The summed E-state index contributed by atoms with van der Waals surface area (Å²) in [6, 6.07) is 1.98. The molecule has 1 fully saturated rings. The van der Waals surface area contributed by atoms with Crippen LogP contribution in [0.5, 0.6) is 0 Å². The quantitative estimate of drug-likeness (QED) is 0.915. The molecule has 2 heterocycles. The van der Waals surface area contributed by atoms with Gasteiger partial charge in [0.05, 0.1) is 4.88 Å². The van der Waals surface area contributed by atoms with Gasteiger partial charge in [0.1, 0.15) is 6.10 Å². The summed E-state index contributed by atoms with van der Waals surface area (Å²) < 4.78 is 0. The van der Waals surface area contributed by atoms with Gasteiger partial charge in [-0.25, -0.2) is 0 Å². The molecule has 0 spiro atoms. The largest absolute Gasteiger partial charge is 0.384 e. The van der Waals surface area contributed by atoms with E-state index in [2.05, 4.69) is 6.92 Å². The van der Waals surface area contributed by atoms with Gasteiger partial charge in [0, 0.05) is 31.1 Å². The molecule has 1 aliphatic heterocycles. The Hall–Kier alpha value is -1.40. The Labute approximate surface area is 129 Å². The first-order chi connectivity index (χ1) is 9.93. The SMILES string of the molecule is CCc1cc(C(=O)N2CCN(C(=O)C(C)O)CC2)sc1C. The molecule has 0 aliphatic carbocycles. The first-order valence-corrected chi connectivity index (χ1v) is 8.11. The average Bonchev–Trinajstić information content (AvgIpc) is 2.87. The summed E-state index contributed by atoms with van der Waals surface area (Å²) in [6.07, 6.45) is -0.0361. The first kappa shape index (κ1) is 16.0. The van der Waals surface area contributed by atoms with Crippen LogP contribution >= 0.6 is 11.3 Å². The maximum Gasteiger partial charge on any atom is 0.264 e. The highest BCUT2D eigenvalue weighted by Gasteiger charge is 2.27. The smallest absolute Gasteiger partial charge is 0.264 e. The van der Waals surface area contributed by atoms with Crippen molar-refractivity contribution in [3.8, 4) is 0 Å². The molecule has 0 aromatic carbocycles. The fraction of sp³-hybridized carbons (Fsp3) is 0.600. The van der Waals surface area contributed by atoms with E-state index in [9.17, 15) is 14.7 Å². The van der Waals surface area contributed by atoms with Crippen LogP contribution in [0, 0.1) is 6.92 Å². The lowest BCUT2D eigenvalue weighted by Crippen LogP contribution is -2.52. The van der Waals surface area contributed by atoms with Gasteiger partial charge in [0.25, 0.3) is 11.8 Å². The summed E-state index contributed by atoms with van der Waals surface area (Å²) in [7, 11) is 0. The third-order valence-corrected chi connectivity index (χ3v) is 4.93. The Bertz CT molecular complexity index is 531. The number of carbonyl (C=O) groups excluding carboxylic acids is 2. The molecule has 1 aromatic rings. The van der Waals surface area contributed by atoms with Gasteiger partial charge in [-0.15, -0.1) is 11.3 Å². The molecule has 0 radical (unpaired) electrons. The second-order valence-corrected chi connectivity index (χ2v) is 6.60. The summed E-state index contributed by atoms with van der Waals surface area (Å²) in [5.41, 5.74) is 1.23. The van der Waals surface area contributed by atoms with E-state index in [1.807, 2.05) is 13.0 Å². The zero-order valence-electron chi connectivity index (χ0n) is 12.8. The zero-order chi connectivity index (χ0) is 15.6. The molecule has 116 valence electrons. The lowest BCUT2D eigenvalue weighted by Gasteiger charge is -2.35. The van der Waals surface area contributed by atoms with Crippen molar-refractivity contribution in [2.24, 2.45) is 0 Å². The second-order valence-electron chi connectivity index (χ2n) is 5.34. The van der Waals surface area contributed by atoms with E-state index in [1.165, 1.54) is 17.4 Å². The number of piperazine rings is 1. The molecule has 5 nitrogen and oxygen atoms in total. The van der Waals surface area contributed by atoms with Crippen molar-refractivity contribution in [3.63, 3.8) is 0 Å². The van der Waals surface area contributed by atoms with Crippen molar-refractivity contribution in [3.05, 3.63) is 21.4 Å². The number of aliphatic hydroxyl groups is 1. The van der Waals surface area contributed by atoms with Crippen molar-refractivity contribution in [2.75, 3.05) is 26.2 Å². The molecule has 1 N–H and O–H groups in total. The fourth-order valence-corrected chi connectivity index (χ4v) is 3.61. The molecule has 2 amide bonds. The molecule has 0 bridgehead atoms. The van der Waals surface area contributed by atoms with Crippen LogP contribution in [0.15, 0.2) is 6.07 Å². The Kier molecular flexibility index (Phi) is 5.00. The van der Waals surface area contributed by atoms with E-state index in [1.54, 1.807) is 21.1 Å². The Balaban J connectivity index is 1.98. The maximum atomic E-state index is 12.5. The van der Waals surface area contributed by atoms with Crippen molar-refractivity contribution < 1.29 is 14.7 Å². The van der Waals surface area contributed by atoms with Crippen LogP contribution < -0.4 is 0 Å². The summed E-state index contributed by atoms with van der Waals surface area (Å²) in [4.78, 5) is 29.6. The highest BCUT2D eigenvalue weighted by molar-refractivity contribution is 7.14. The summed E-state index contributed by atoms with van der Waals surface area (Å²) in [6.45, 7) is 7.62. The number of carbonyl (C=O) groups is 2. The van der Waals surface area contributed by atoms with Crippen LogP contribution in [0.1, 0.15) is 34.0 Å². The van der Waals surface area contributed by atoms with Crippen molar-refractivity contribution in [1.82, 2.24) is 9.80 Å². The van der Waals surface area contributed by atoms with Crippen LogP contribution in [0.2, 0.25) is 0 Å². The molecule has 0 saturated carbocycles. The molecule has 1 atom stereocenters. The maximum absolute atomic E-state index is 12.5. The topological polar surface area (TPSA) is 60.9 Å². The highest BCUT2D eigenvalue weighted by atomic mass is 32.1. The number of nitrogens with zero attached hydrogens (tertiary/aromatic N) is 2. The summed E-state index contributed by atoms with van der Waals surface area (Å²) >= 11 is 1.54. The Morgan fingerprint density at radius 2 is 1.86 bits per heavy atom. The highest BCUT2D eigenvalue weighted by Crippen LogP contribution is 2.23. The molecule has 1 aromatic heterocycles. The normalized spacial score (nSPS) is 17.0. The van der Waals surface area contributed by atoms with Gasteiger partial charge in [-0.05, 0) is 31.9 Å². The standard InChI is InChI=1S/C15H22N2O3S/c1-4-12-9-13(21-11(12)3)15(20)17-7-5-16(6-8-17)14(19)10(2)18/h9-10,18H,4-8H2,1-3H3. The number of amides is 2. The van der Waals surface area contributed by atoms with E-state index in [0.29, 0.717) is 26.2 Å². The molecular formula is C15H22N2O3S. The van der Waals surface area contributed by atoms with Gasteiger partial charge in [-0.2, -0.15) is 0 Å². The number of thiophene rings is 1. The van der Waals surface area contributed by atoms with E-state index in [4.69, 9.17) is 0 Å². The number of hydrogen-bond donors (Lipinski definition) is 1. The van der Waals surface area contributed by atoms with Crippen LogP contribution in [0.25, 0.3) is 0 Å². The first-order valence-electron chi connectivity index (χ1n) is 7.29. The number of aryl methyl sites for hydroxylation is 2. The minimum absolute atomic E-state index is 0.0481. The van der Waals surface area contributed by atoms with Gasteiger partial charge in [0.2, 0.25) is 0 Å². The van der Waals surface area contributed by atoms with E-state index < -0.39 is 6.10 Å². The third-order valence-electron chi connectivity index (χ3n) is 3.85. The molecule has 1 aliphatic rings. The van der Waals surface area contributed by atoms with Crippen LogP contribution in [-0.2, 0) is 11.2 Å². The van der Waals surface area contributed by atoms with Crippen LogP contribution in [0.4, 0.5) is 0 Å². The number of hydrogen-bond acceptors (Lipinski definition) is 4. The third kappa shape index (κ3) is 3.44. The van der Waals surface area contributed by atoms with Crippen LogP contribution in [-0.4, -0.2) is 59.0 Å².